The molecule has 132 valence electrons. The Hall–Kier alpha value is -1.79. The summed E-state index contributed by atoms with van der Waals surface area (Å²) < 4.78 is 0. The lowest BCUT2D eigenvalue weighted by Gasteiger charge is -2.17. The number of fused-ring (bicyclic) bond motifs is 1. The fourth-order valence-electron chi connectivity index (χ4n) is 3.13. The lowest BCUT2D eigenvalue weighted by molar-refractivity contribution is 0.223. The SMILES string of the molecule is Cc1sc(C(O)c2cncnc2Cl)cc1C1=NCCc2ccc(Cl)cc21. The molecule has 26 heavy (non-hydrogen) atoms. The van der Waals surface area contributed by atoms with Crippen LogP contribution >= 0.6 is 34.5 Å². The third kappa shape index (κ3) is 3.16. The van der Waals surface area contributed by atoms with E-state index >= 15 is 0 Å². The molecule has 0 bridgehead atoms. The quantitative estimate of drug-likeness (QED) is 0.648. The highest BCUT2D eigenvalue weighted by molar-refractivity contribution is 7.12. The maximum absolute atomic E-state index is 10.7. The van der Waals surface area contributed by atoms with E-state index in [1.807, 2.05) is 25.1 Å². The van der Waals surface area contributed by atoms with Crippen molar-refractivity contribution in [3.63, 3.8) is 0 Å². The molecule has 2 aromatic heterocycles. The van der Waals surface area contributed by atoms with Crippen LogP contribution in [0.3, 0.4) is 0 Å². The third-order valence-corrected chi connectivity index (χ3v) is 6.08. The first-order valence-electron chi connectivity index (χ1n) is 8.12. The highest BCUT2D eigenvalue weighted by Crippen LogP contribution is 2.35. The minimum Gasteiger partial charge on any atom is -0.383 e. The van der Waals surface area contributed by atoms with Crippen molar-refractivity contribution in [2.75, 3.05) is 6.54 Å². The number of aryl methyl sites for hydroxylation is 1. The Morgan fingerprint density at radius 1 is 1.19 bits per heavy atom. The van der Waals surface area contributed by atoms with Gasteiger partial charge in [0.2, 0.25) is 0 Å². The largest absolute Gasteiger partial charge is 0.383 e. The van der Waals surface area contributed by atoms with Crippen LogP contribution in [0, 0.1) is 6.92 Å². The minimum atomic E-state index is -0.871. The molecule has 1 aromatic carbocycles. The maximum atomic E-state index is 10.7. The molecule has 7 heteroatoms. The van der Waals surface area contributed by atoms with Crippen LogP contribution in [0.25, 0.3) is 0 Å². The van der Waals surface area contributed by atoms with Gasteiger partial charge >= 0.3 is 0 Å². The second kappa shape index (κ2) is 7.08. The van der Waals surface area contributed by atoms with E-state index < -0.39 is 6.10 Å². The molecule has 0 amide bonds. The second-order valence-electron chi connectivity index (χ2n) is 6.07. The van der Waals surface area contributed by atoms with E-state index in [0.717, 1.165) is 39.6 Å². The summed E-state index contributed by atoms with van der Waals surface area (Å²) in [7, 11) is 0. The van der Waals surface area contributed by atoms with Crippen molar-refractivity contribution in [3.8, 4) is 0 Å². The zero-order valence-corrected chi connectivity index (χ0v) is 16.2. The van der Waals surface area contributed by atoms with E-state index in [1.54, 1.807) is 6.20 Å². The van der Waals surface area contributed by atoms with E-state index in [-0.39, 0.29) is 5.15 Å². The fourth-order valence-corrected chi connectivity index (χ4v) is 4.53. The highest BCUT2D eigenvalue weighted by atomic mass is 35.5. The van der Waals surface area contributed by atoms with Crippen molar-refractivity contribution in [1.29, 1.82) is 0 Å². The Morgan fingerprint density at radius 3 is 2.85 bits per heavy atom. The predicted molar refractivity (Wildman–Crippen MR) is 106 cm³/mol. The fraction of sp³-hybridized carbons (Fsp3) is 0.211. The number of aliphatic hydroxyl groups excluding tert-OH is 1. The van der Waals surface area contributed by atoms with Crippen LogP contribution < -0.4 is 0 Å². The van der Waals surface area contributed by atoms with Crippen molar-refractivity contribution < 1.29 is 5.11 Å². The molecule has 3 aromatic rings. The van der Waals surface area contributed by atoms with Crippen LogP contribution in [0.5, 0.6) is 0 Å². The van der Waals surface area contributed by atoms with Gasteiger partial charge in [0.25, 0.3) is 0 Å². The predicted octanol–water partition coefficient (Wildman–Crippen LogP) is 4.63. The molecule has 4 nitrogen and oxygen atoms in total. The van der Waals surface area contributed by atoms with Crippen LogP contribution in [0.2, 0.25) is 10.2 Å². The Morgan fingerprint density at radius 2 is 2.04 bits per heavy atom. The summed E-state index contributed by atoms with van der Waals surface area (Å²) >= 11 is 13.8. The van der Waals surface area contributed by atoms with Gasteiger partial charge in [0.05, 0.1) is 5.71 Å². The highest BCUT2D eigenvalue weighted by Gasteiger charge is 2.23. The van der Waals surface area contributed by atoms with E-state index in [2.05, 4.69) is 16.0 Å². The average molecular weight is 404 g/mol. The standard InChI is InChI=1S/C19H15Cl2N3OS/c1-10-13(17-14-6-12(20)3-2-11(14)4-5-23-17)7-16(26-10)18(25)15-8-22-9-24-19(15)21/h2-3,6-9,18,25H,4-5H2,1H3. The van der Waals surface area contributed by atoms with Crippen LogP contribution in [0.1, 0.15) is 38.1 Å². The Bertz CT molecular complexity index is 1020. The van der Waals surface area contributed by atoms with E-state index in [9.17, 15) is 5.11 Å². The van der Waals surface area contributed by atoms with Crippen molar-refractivity contribution in [3.05, 3.63) is 79.0 Å². The number of benzene rings is 1. The number of thiophene rings is 1. The number of aliphatic hydroxyl groups is 1. The van der Waals surface area contributed by atoms with Crippen molar-refractivity contribution in [2.24, 2.45) is 4.99 Å². The van der Waals surface area contributed by atoms with Gasteiger partial charge in [-0.1, -0.05) is 29.3 Å². The van der Waals surface area contributed by atoms with Crippen molar-refractivity contribution >= 4 is 40.3 Å². The van der Waals surface area contributed by atoms with Gasteiger partial charge in [-0.05, 0) is 37.1 Å². The van der Waals surface area contributed by atoms with Gasteiger partial charge < -0.3 is 5.11 Å². The first kappa shape index (κ1) is 17.6. The zero-order chi connectivity index (χ0) is 18.3. The summed E-state index contributed by atoms with van der Waals surface area (Å²) in [5, 5.41) is 11.7. The molecule has 1 N–H and O–H groups in total. The van der Waals surface area contributed by atoms with Crippen molar-refractivity contribution in [1.82, 2.24) is 9.97 Å². The summed E-state index contributed by atoms with van der Waals surface area (Å²) in [5.41, 5.74) is 4.74. The third-order valence-electron chi connectivity index (χ3n) is 4.42. The lowest BCUT2D eigenvalue weighted by atomic mass is 9.93. The van der Waals surface area contributed by atoms with Gasteiger partial charge in [0, 0.05) is 44.2 Å². The molecule has 0 fully saturated rings. The van der Waals surface area contributed by atoms with Gasteiger partial charge in [0.1, 0.15) is 17.6 Å². The van der Waals surface area contributed by atoms with E-state index in [1.165, 1.54) is 23.2 Å². The van der Waals surface area contributed by atoms with Gasteiger partial charge in [-0.3, -0.25) is 4.99 Å². The topological polar surface area (TPSA) is 58.4 Å². The monoisotopic (exact) mass is 403 g/mol. The summed E-state index contributed by atoms with van der Waals surface area (Å²) in [5.74, 6) is 0. The summed E-state index contributed by atoms with van der Waals surface area (Å²) in [4.78, 5) is 14.5. The number of nitrogens with zero attached hydrogens (tertiary/aromatic N) is 3. The molecule has 0 radical (unpaired) electrons. The zero-order valence-electron chi connectivity index (χ0n) is 13.9. The molecule has 1 unspecified atom stereocenters. The molecule has 4 rings (SSSR count). The molecular weight excluding hydrogens is 389 g/mol. The van der Waals surface area contributed by atoms with Crippen LogP contribution in [0.15, 0.2) is 41.8 Å². The number of halogens is 2. The van der Waals surface area contributed by atoms with Gasteiger partial charge in [0.15, 0.2) is 0 Å². The van der Waals surface area contributed by atoms with E-state index in [4.69, 9.17) is 28.2 Å². The second-order valence-corrected chi connectivity index (χ2v) is 8.15. The van der Waals surface area contributed by atoms with Gasteiger partial charge in [-0.2, -0.15) is 0 Å². The molecule has 1 aliphatic rings. The molecule has 0 aliphatic carbocycles. The molecule has 1 atom stereocenters. The number of rotatable bonds is 3. The summed E-state index contributed by atoms with van der Waals surface area (Å²) in [6, 6.07) is 7.91. The van der Waals surface area contributed by atoms with Crippen molar-refractivity contribution in [2.45, 2.75) is 19.4 Å². The lowest BCUT2D eigenvalue weighted by Crippen LogP contribution is -2.14. The molecular formula is C19H15Cl2N3OS. The van der Waals surface area contributed by atoms with Crippen LogP contribution in [-0.2, 0) is 6.42 Å². The average Bonchev–Trinajstić information content (AvgIpc) is 3.02. The Labute approximate surface area is 165 Å². The molecule has 0 saturated heterocycles. The maximum Gasteiger partial charge on any atom is 0.138 e. The normalized spacial score (nSPS) is 14.7. The Balaban J connectivity index is 1.76. The van der Waals surface area contributed by atoms with E-state index in [0.29, 0.717) is 10.6 Å². The minimum absolute atomic E-state index is 0.257. The molecule has 0 saturated carbocycles. The number of aromatic nitrogens is 2. The number of aliphatic imine (C=N–C) groups is 1. The molecule has 3 heterocycles. The van der Waals surface area contributed by atoms with Gasteiger partial charge in [-0.25, -0.2) is 9.97 Å². The van der Waals surface area contributed by atoms with Crippen LogP contribution in [0.4, 0.5) is 0 Å². The molecule has 0 spiro atoms. The smallest absolute Gasteiger partial charge is 0.138 e. The Kier molecular flexibility index (Phi) is 4.80. The van der Waals surface area contributed by atoms with Gasteiger partial charge in [-0.15, -0.1) is 11.3 Å². The van der Waals surface area contributed by atoms with Crippen LogP contribution in [-0.4, -0.2) is 27.3 Å². The molecule has 1 aliphatic heterocycles. The number of hydrogen-bond donors (Lipinski definition) is 1. The number of hydrogen-bond acceptors (Lipinski definition) is 5. The first-order chi connectivity index (χ1) is 12.5. The summed E-state index contributed by atoms with van der Waals surface area (Å²) in [6.07, 6.45) is 2.94. The first-order valence-corrected chi connectivity index (χ1v) is 9.69. The summed E-state index contributed by atoms with van der Waals surface area (Å²) in [6.45, 7) is 2.77.